The molecule has 0 saturated heterocycles. The molecule has 1 aromatic rings. The summed E-state index contributed by atoms with van der Waals surface area (Å²) in [6.45, 7) is 1.76. The monoisotopic (exact) mass is 204 g/mol. The van der Waals surface area contributed by atoms with Crippen molar-refractivity contribution < 1.29 is 4.74 Å². The number of pyridine rings is 1. The zero-order chi connectivity index (χ0) is 10.3. The standard InChI is InChI=1S/C12H16N2O/c1-2-7-15-12(5-1)10-14-9-11-4-3-6-13-8-11/h2-4,6-8,12,14H,1,5,9-10H2. The van der Waals surface area contributed by atoms with Crippen LogP contribution in [0.5, 0.6) is 0 Å². The third-order valence-corrected chi connectivity index (χ3v) is 2.45. The molecule has 3 nitrogen and oxygen atoms in total. The van der Waals surface area contributed by atoms with Gasteiger partial charge in [-0.05, 0) is 30.5 Å². The second-order valence-corrected chi connectivity index (χ2v) is 3.70. The van der Waals surface area contributed by atoms with E-state index >= 15 is 0 Å². The Hall–Kier alpha value is -1.35. The minimum absolute atomic E-state index is 0.326. The second-order valence-electron chi connectivity index (χ2n) is 3.70. The molecule has 0 radical (unpaired) electrons. The topological polar surface area (TPSA) is 34.1 Å². The van der Waals surface area contributed by atoms with Crippen LogP contribution in [0.15, 0.2) is 36.9 Å². The van der Waals surface area contributed by atoms with Gasteiger partial charge in [0.25, 0.3) is 0 Å². The first kappa shape index (κ1) is 10.2. The number of hydrogen-bond acceptors (Lipinski definition) is 3. The number of rotatable bonds is 4. The van der Waals surface area contributed by atoms with E-state index in [9.17, 15) is 0 Å². The van der Waals surface area contributed by atoms with E-state index in [1.807, 2.05) is 12.3 Å². The van der Waals surface area contributed by atoms with E-state index in [2.05, 4.69) is 22.4 Å². The highest BCUT2D eigenvalue weighted by Gasteiger charge is 2.09. The molecule has 0 aliphatic carbocycles. The van der Waals surface area contributed by atoms with E-state index in [1.54, 1.807) is 12.5 Å². The quantitative estimate of drug-likeness (QED) is 0.813. The number of aromatic nitrogens is 1. The van der Waals surface area contributed by atoms with Crippen LogP contribution in [0, 0.1) is 0 Å². The number of nitrogens with zero attached hydrogens (tertiary/aromatic N) is 1. The van der Waals surface area contributed by atoms with Crippen molar-refractivity contribution in [2.45, 2.75) is 25.5 Å². The molecule has 0 spiro atoms. The van der Waals surface area contributed by atoms with E-state index in [-0.39, 0.29) is 0 Å². The summed E-state index contributed by atoms with van der Waals surface area (Å²) in [5, 5.41) is 3.37. The van der Waals surface area contributed by atoms with Gasteiger partial charge in [0.1, 0.15) is 6.10 Å². The first-order valence-corrected chi connectivity index (χ1v) is 5.35. The molecule has 0 amide bonds. The molecule has 80 valence electrons. The van der Waals surface area contributed by atoms with Gasteiger partial charge in [-0.2, -0.15) is 0 Å². The van der Waals surface area contributed by atoms with Gasteiger partial charge in [-0.25, -0.2) is 0 Å². The maximum absolute atomic E-state index is 5.46. The molecule has 0 saturated carbocycles. The zero-order valence-corrected chi connectivity index (χ0v) is 8.73. The summed E-state index contributed by atoms with van der Waals surface area (Å²) in [6, 6.07) is 4.03. The van der Waals surface area contributed by atoms with Gasteiger partial charge in [-0.1, -0.05) is 6.07 Å². The fourth-order valence-electron chi connectivity index (χ4n) is 1.62. The van der Waals surface area contributed by atoms with Crippen LogP contribution in [0.1, 0.15) is 18.4 Å². The first-order chi connectivity index (χ1) is 7.45. The highest BCUT2D eigenvalue weighted by atomic mass is 16.5. The molecule has 2 rings (SSSR count). The van der Waals surface area contributed by atoms with Crippen LogP contribution >= 0.6 is 0 Å². The summed E-state index contributed by atoms with van der Waals surface area (Å²) in [5.41, 5.74) is 1.21. The highest BCUT2D eigenvalue weighted by Crippen LogP contribution is 2.09. The Morgan fingerprint density at radius 2 is 2.53 bits per heavy atom. The first-order valence-electron chi connectivity index (χ1n) is 5.35. The molecule has 15 heavy (non-hydrogen) atoms. The molecule has 1 aliphatic heterocycles. The Kier molecular flexibility index (Phi) is 3.74. The summed E-state index contributed by atoms with van der Waals surface area (Å²) < 4.78 is 5.46. The molecule has 1 atom stereocenters. The van der Waals surface area contributed by atoms with Crippen LogP contribution in [0.2, 0.25) is 0 Å². The van der Waals surface area contributed by atoms with E-state index in [0.717, 1.165) is 25.9 Å². The molecule has 0 aromatic carbocycles. The number of allylic oxidation sites excluding steroid dienone is 1. The lowest BCUT2D eigenvalue weighted by Gasteiger charge is -2.19. The van der Waals surface area contributed by atoms with E-state index in [1.165, 1.54) is 5.56 Å². The van der Waals surface area contributed by atoms with Gasteiger partial charge in [-0.3, -0.25) is 4.98 Å². The average Bonchev–Trinajstić information content (AvgIpc) is 2.32. The van der Waals surface area contributed by atoms with Crippen molar-refractivity contribution in [3.8, 4) is 0 Å². The van der Waals surface area contributed by atoms with Crippen LogP contribution in [0.4, 0.5) is 0 Å². The van der Waals surface area contributed by atoms with Gasteiger partial charge in [0.2, 0.25) is 0 Å². The largest absolute Gasteiger partial charge is 0.497 e. The van der Waals surface area contributed by atoms with E-state index in [4.69, 9.17) is 4.74 Å². The Balaban J connectivity index is 1.68. The Labute approximate surface area is 90.2 Å². The Bertz CT molecular complexity index is 311. The van der Waals surface area contributed by atoms with Crippen LogP contribution in [-0.4, -0.2) is 17.6 Å². The third-order valence-electron chi connectivity index (χ3n) is 2.45. The summed E-state index contributed by atoms with van der Waals surface area (Å²) in [4.78, 5) is 4.07. The average molecular weight is 204 g/mol. The summed E-state index contributed by atoms with van der Waals surface area (Å²) >= 11 is 0. The lowest BCUT2D eigenvalue weighted by Crippen LogP contribution is -2.28. The minimum atomic E-state index is 0.326. The maximum atomic E-state index is 5.46. The molecule has 0 bridgehead atoms. The van der Waals surface area contributed by atoms with Gasteiger partial charge in [0, 0.05) is 25.5 Å². The highest BCUT2D eigenvalue weighted by molar-refractivity contribution is 5.07. The van der Waals surface area contributed by atoms with Crippen LogP contribution in [0.3, 0.4) is 0 Å². The van der Waals surface area contributed by atoms with Gasteiger partial charge >= 0.3 is 0 Å². The van der Waals surface area contributed by atoms with Crippen LogP contribution in [0.25, 0.3) is 0 Å². The molecular weight excluding hydrogens is 188 g/mol. The predicted octanol–water partition coefficient (Wildman–Crippen LogP) is 1.86. The second kappa shape index (κ2) is 5.51. The third kappa shape index (κ3) is 3.36. The summed E-state index contributed by atoms with van der Waals surface area (Å²) in [6.07, 6.45) is 10.1. The Morgan fingerprint density at radius 3 is 3.27 bits per heavy atom. The molecule has 2 heterocycles. The zero-order valence-electron chi connectivity index (χ0n) is 8.73. The van der Waals surface area contributed by atoms with Gasteiger partial charge < -0.3 is 10.1 Å². The van der Waals surface area contributed by atoms with Crippen molar-refractivity contribution >= 4 is 0 Å². The van der Waals surface area contributed by atoms with Gasteiger partial charge in [0.05, 0.1) is 6.26 Å². The lowest BCUT2D eigenvalue weighted by atomic mass is 10.1. The predicted molar refractivity (Wildman–Crippen MR) is 59.2 cm³/mol. The SMILES string of the molecule is C1=COC(CNCc2cccnc2)CC1. The van der Waals surface area contributed by atoms with Crippen molar-refractivity contribution in [2.75, 3.05) is 6.54 Å². The van der Waals surface area contributed by atoms with Crippen LogP contribution < -0.4 is 5.32 Å². The normalized spacial score (nSPS) is 19.9. The fraction of sp³-hybridized carbons (Fsp3) is 0.417. The van der Waals surface area contributed by atoms with Crippen molar-refractivity contribution in [1.29, 1.82) is 0 Å². The number of ether oxygens (including phenoxy) is 1. The molecular formula is C12H16N2O. The molecule has 0 fully saturated rings. The number of hydrogen-bond donors (Lipinski definition) is 1. The van der Waals surface area contributed by atoms with E-state index in [0.29, 0.717) is 6.10 Å². The Morgan fingerprint density at radius 1 is 1.53 bits per heavy atom. The molecule has 1 aliphatic rings. The molecule has 3 heteroatoms. The summed E-state index contributed by atoms with van der Waals surface area (Å²) in [5.74, 6) is 0. The summed E-state index contributed by atoms with van der Waals surface area (Å²) in [7, 11) is 0. The minimum Gasteiger partial charge on any atom is -0.497 e. The van der Waals surface area contributed by atoms with Crippen molar-refractivity contribution in [1.82, 2.24) is 10.3 Å². The van der Waals surface area contributed by atoms with Crippen molar-refractivity contribution in [2.24, 2.45) is 0 Å². The van der Waals surface area contributed by atoms with Crippen molar-refractivity contribution in [3.63, 3.8) is 0 Å². The number of nitrogens with one attached hydrogen (secondary N) is 1. The molecule has 1 aromatic heterocycles. The molecule has 1 unspecified atom stereocenters. The molecule has 1 N–H and O–H groups in total. The smallest absolute Gasteiger partial charge is 0.110 e. The van der Waals surface area contributed by atoms with Crippen molar-refractivity contribution in [3.05, 3.63) is 42.4 Å². The van der Waals surface area contributed by atoms with Gasteiger partial charge in [-0.15, -0.1) is 0 Å². The van der Waals surface area contributed by atoms with Crippen LogP contribution in [-0.2, 0) is 11.3 Å². The van der Waals surface area contributed by atoms with Gasteiger partial charge in [0.15, 0.2) is 0 Å². The maximum Gasteiger partial charge on any atom is 0.110 e. The fourth-order valence-corrected chi connectivity index (χ4v) is 1.62. The lowest BCUT2D eigenvalue weighted by molar-refractivity contribution is 0.122. The van der Waals surface area contributed by atoms with E-state index < -0.39 is 0 Å².